The van der Waals surface area contributed by atoms with Crippen LogP contribution in [0.4, 0.5) is 0 Å². The number of nitrogens with zero attached hydrogens (tertiary/aromatic N) is 1. The van der Waals surface area contributed by atoms with E-state index in [9.17, 15) is 4.79 Å². The van der Waals surface area contributed by atoms with Gasteiger partial charge in [0.05, 0.1) is 0 Å². The molecule has 0 bridgehead atoms. The van der Waals surface area contributed by atoms with Crippen molar-refractivity contribution in [1.29, 1.82) is 0 Å². The van der Waals surface area contributed by atoms with Crippen LogP contribution in [0.25, 0.3) is 0 Å². The van der Waals surface area contributed by atoms with Gasteiger partial charge in [-0.15, -0.1) is 0 Å². The Morgan fingerprint density at radius 3 is 2.39 bits per heavy atom. The zero-order chi connectivity index (χ0) is 12.8. The summed E-state index contributed by atoms with van der Waals surface area (Å²) < 4.78 is 0. The highest BCUT2D eigenvalue weighted by molar-refractivity contribution is 5.96. The summed E-state index contributed by atoms with van der Waals surface area (Å²) in [6, 6.07) is 7.99. The molecule has 0 atom stereocenters. The second kappa shape index (κ2) is 6.66. The zero-order valence-electron chi connectivity index (χ0n) is 10.9. The van der Waals surface area contributed by atoms with Crippen LogP contribution in [0.5, 0.6) is 0 Å². The largest absolute Gasteiger partial charge is 0.330 e. The van der Waals surface area contributed by atoms with E-state index in [1.165, 1.54) is 37.9 Å². The number of benzene rings is 1. The lowest BCUT2D eigenvalue weighted by atomic mass is 10.0. The van der Waals surface area contributed by atoms with Crippen molar-refractivity contribution in [2.75, 3.05) is 19.6 Å². The molecule has 2 rings (SSSR count). The standard InChI is InChI=1S/C15H22N2O/c16-9-8-15(18)14-6-4-13(5-7-14)12-17-10-2-1-3-11-17/h4-7H,1-3,8-12,16H2. The number of likely N-dealkylation sites (tertiary alicyclic amines) is 1. The molecular formula is C15H22N2O. The number of piperidine rings is 1. The van der Waals surface area contributed by atoms with Crippen LogP contribution in [-0.2, 0) is 6.54 Å². The van der Waals surface area contributed by atoms with E-state index >= 15 is 0 Å². The third-order valence-electron chi connectivity index (χ3n) is 3.50. The molecule has 0 radical (unpaired) electrons. The Hall–Kier alpha value is -1.19. The fourth-order valence-corrected chi connectivity index (χ4v) is 2.45. The molecule has 1 fully saturated rings. The molecule has 2 N–H and O–H groups in total. The van der Waals surface area contributed by atoms with Crippen LogP contribution in [0, 0.1) is 0 Å². The van der Waals surface area contributed by atoms with Crippen LogP contribution in [0.15, 0.2) is 24.3 Å². The Balaban J connectivity index is 1.92. The molecule has 3 heteroatoms. The second-order valence-corrected chi connectivity index (χ2v) is 5.00. The molecule has 1 aliphatic heterocycles. The highest BCUT2D eigenvalue weighted by Gasteiger charge is 2.10. The fourth-order valence-electron chi connectivity index (χ4n) is 2.45. The molecule has 18 heavy (non-hydrogen) atoms. The molecule has 0 spiro atoms. The van der Waals surface area contributed by atoms with Crippen LogP contribution in [0.1, 0.15) is 41.6 Å². The Morgan fingerprint density at radius 1 is 1.11 bits per heavy atom. The predicted molar refractivity (Wildman–Crippen MR) is 73.6 cm³/mol. The normalized spacial score (nSPS) is 16.7. The van der Waals surface area contributed by atoms with Gasteiger partial charge in [0.15, 0.2) is 5.78 Å². The average Bonchev–Trinajstić information content (AvgIpc) is 2.41. The third kappa shape index (κ3) is 3.65. The van der Waals surface area contributed by atoms with Crippen molar-refractivity contribution in [3.8, 4) is 0 Å². The van der Waals surface area contributed by atoms with E-state index in [2.05, 4.69) is 17.0 Å². The van der Waals surface area contributed by atoms with Gasteiger partial charge in [-0.3, -0.25) is 9.69 Å². The summed E-state index contributed by atoms with van der Waals surface area (Å²) in [4.78, 5) is 14.1. The molecule has 1 heterocycles. The maximum atomic E-state index is 11.7. The highest BCUT2D eigenvalue weighted by atomic mass is 16.1. The lowest BCUT2D eigenvalue weighted by Gasteiger charge is -2.26. The number of ketones is 1. The Kier molecular flexibility index (Phi) is 4.90. The van der Waals surface area contributed by atoms with Crippen molar-refractivity contribution < 1.29 is 4.79 Å². The summed E-state index contributed by atoms with van der Waals surface area (Å²) in [6.07, 6.45) is 4.43. The van der Waals surface area contributed by atoms with Gasteiger partial charge in [0.1, 0.15) is 0 Å². The molecule has 0 amide bonds. The maximum absolute atomic E-state index is 11.7. The van der Waals surface area contributed by atoms with Crippen molar-refractivity contribution >= 4 is 5.78 Å². The van der Waals surface area contributed by atoms with Gasteiger partial charge in [-0.25, -0.2) is 0 Å². The first-order valence-corrected chi connectivity index (χ1v) is 6.84. The number of hydrogen-bond donors (Lipinski definition) is 1. The molecule has 98 valence electrons. The number of carbonyl (C=O) groups is 1. The summed E-state index contributed by atoms with van der Waals surface area (Å²) in [5.41, 5.74) is 7.47. The van der Waals surface area contributed by atoms with Gasteiger partial charge >= 0.3 is 0 Å². The number of rotatable bonds is 5. The zero-order valence-corrected chi connectivity index (χ0v) is 10.9. The van der Waals surface area contributed by atoms with Gasteiger partial charge < -0.3 is 5.73 Å². The van der Waals surface area contributed by atoms with Crippen molar-refractivity contribution in [2.24, 2.45) is 5.73 Å². The molecule has 0 aromatic heterocycles. The van der Waals surface area contributed by atoms with Gasteiger partial charge in [0.2, 0.25) is 0 Å². The molecule has 0 saturated carbocycles. The number of Topliss-reactive ketones (excluding diaryl/α,β-unsaturated/α-hetero) is 1. The predicted octanol–water partition coefficient (Wildman–Crippen LogP) is 2.20. The number of hydrogen-bond acceptors (Lipinski definition) is 3. The van der Waals surface area contributed by atoms with E-state index in [1.54, 1.807) is 0 Å². The lowest BCUT2D eigenvalue weighted by Crippen LogP contribution is -2.29. The van der Waals surface area contributed by atoms with Gasteiger partial charge in [0.25, 0.3) is 0 Å². The van der Waals surface area contributed by atoms with Gasteiger partial charge in [0, 0.05) is 18.5 Å². The first-order valence-electron chi connectivity index (χ1n) is 6.84. The lowest BCUT2D eigenvalue weighted by molar-refractivity contribution is 0.0985. The monoisotopic (exact) mass is 246 g/mol. The van der Waals surface area contributed by atoms with E-state index in [1.807, 2.05) is 12.1 Å². The van der Waals surface area contributed by atoms with E-state index in [4.69, 9.17) is 5.73 Å². The molecule has 1 aromatic carbocycles. The Morgan fingerprint density at radius 2 is 1.78 bits per heavy atom. The number of carbonyl (C=O) groups excluding carboxylic acids is 1. The summed E-state index contributed by atoms with van der Waals surface area (Å²) in [7, 11) is 0. The molecule has 1 aromatic rings. The quantitative estimate of drug-likeness (QED) is 0.810. The van der Waals surface area contributed by atoms with Crippen molar-refractivity contribution in [1.82, 2.24) is 4.90 Å². The van der Waals surface area contributed by atoms with Crippen LogP contribution in [0.2, 0.25) is 0 Å². The SMILES string of the molecule is NCCC(=O)c1ccc(CN2CCCCC2)cc1. The van der Waals surface area contributed by atoms with Gasteiger partial charge in [-0.2, -0.15) is 0 Å². The topological polar surface area (TPSA) is 46.3 Å². The minimum atomic E-state index is 0.141. The Bertz CT molecular complexity index is 380. The number of nitrogens with two attached hydrogens (primary N) is 1. The molecule has 3 nitrogen and oxygen atoms in total. The van der Waals surface area contributed by atoms with E-state index in [0.29, 0.717) is 13.0 Å². The maximum Gasteiger partial charge on any atom is 0.164 e. The molecule has 0 aliphatic carbocycles. The van der Waals surface area contributed by atoms with E-state index < -0.39 is 0 Å². The van der Waals surface area contributed by atoms with E-state index in [0.717, 1.165) is 12.1 Å². The van der Waals surface area contributed by atoms with Crippen LogP contribution in [-0.4, -0.2) is 30.3 Å². The van der Waals surface area contributed by atoms with Crippen LogP contribution >= 0.6 is 0 Å². The Labute approximate surface area is 109 Å². The summed E-state index contributed by atoms with van der Waals surface area (Å²) in [6.45, 7) is 3.83. The minimum absolute atomic E-state index is 0.141. The van der Waals surface area contributed by atoms with Crippen molar-refractivity contribution in [2.45, 2.75) is 32.2 Å². The highest BCUT2D eigenvalue weighted by Crippen LogP contribution is 2.14. The molecule has 1 saturated heterocycles. The van der Waals surface area contributed by atoms with Crippen LogP contribution < -0.4 is 5.73 Å². The summed E-state index contributed by atoms with van der Waals surface area (Å²) in [5, 5.41) is 0. The van der Waals surface area contributed by atoms with Crippen molar-refractivity contribution in [3.05, 3.63) is 35.4 Å². The first-order chi connectivity index (χ1) is 8.79. The minimum Gasteiger partial charge on any atom is -0.330 e. The first kappa shape index (κ1) is 13.2. The molecular weight excluding hydrogens is 224 g/mol. The fraction of sp³-hybridized carbons (Fsp3) is 0.533. The summed E-state index contributed by atoms with van der Waals surface area (Å²) >= 11 is 0. The van der Waals surface area contributed by atoms with Crippen LogP contribution in [0.3, 0.4) is 0 Å². The molecule has 0 unspecified atom stereocenters. The van der Waals surface area contributed by atoms with Crippen molar-refractivity contribution in [3.63, 3.8) is 0 Å². The second-order valence-electron chi connectivity index (χ2n) is 5.00. The van der Waals surface area contributed by atoms with Gasteiger partial charge in [-0.05, 0) is 38.0 Å². The average molecular weight is 246 g/mol. The summed E-state index contributed by atoms with van der Waals surface area (Å²) in [5.74, 6) is 0.141. The van der Waals surface area contributed by atoms with Gasteiger partial charge in [-0.1, -0.05) is 30.7 Å². The smallest absolute Gasteiger partial charge is 0.164 e. The van der Waals surface area contributed by atoms with E-state index in [-0.39, 0.29) is 5.78 Å². The molecule has 1 aliphatic rings. The third-order valence-corrected chi connectivity index (χ3v) is 3.50.